The van der Waals surface area contributed by atoms with Crippen molar-refractivity contribution in [1.29, 1.82) is 0 Å². The molecule has 100 valence electrons. The highest BCUT2D eigenvalue weighted by Gasteiger charge is 2.12. The fourth-order valence-corrected chi connectivity index (χ4v) is 2.38. The van der Waals surface area contributed by atoms with E-state index in [2.05, 4.69) is 27.7 Å². The number of rotatable bonds is 2. The number of fused-ring (bicyclic) bond motifs is 1. The summed E-state index contributed by atoms with van der Waals surface area (Å²) in [6, 6.07) is 5.96. The average molecular weight is 371 g/mol. The third kappa shape index (κ3) is 2.63. The zero-order valence-corrected chi connectivity index (χ0v) is 12.5. The van der Waals surface area contributed by atoms with Gasteiger partial charge in [-0.2, -0.15) is 5.10 Å². The zero-order valence-electron chi connectivity index (χ0n) is 10.3. The summed E-state index contributed by atoms with van der Waals surface area (Å²) in [5.74, 6) is 2.30. The van der Waals surface area contributed by atoms with Crippen LogP contribution in [0.15, 0.2) is 24.4 Å². The summed E-state index contributed by atoms with van der Waals surface area (Å²) in [5.41, 5.74) is 7.04. The molecule has 0 spiro atoms. The van der Waals surface area contributed by atoms with Crippen molar-refractivity contribution >= 4 is 28.4 Å². The molecule has 0 radical (unpaired) electrons. The van der Waals surface area contributed by atoms with E-state index in [0.717, 1.165) is 27.1 Å². The van der Waals surface area contributed by atoms with E-state index in [0.29, 0.717) is 25.6 Å². The van der Waals surface area contributed by atoms with Crippen LogP contribution in [0.1, 0.15) is 12.0 Å². The number of anilines is 1. The molecule has 1 aliphatic heterocycles. The van der Waals surface area contributed by atoms with Crippen LogP contribution >= 0.6 is 22.6 Å². The molecule has 2 aromatic rings. The van der Waals surface area contributed by atoms with Crippen molar-refractivity contribution in [3.8, 4) is 11.5 Å². The summed E-state index contributed by atoms with van der Waals surface area (Å²) in [7, 11) is 0. The third-order valence-corrected chi connectivity index (χ3v) is 3.81. The molecule has 0 fully saturated rings. The van der Waals surface area contributed by atoms with E-state index in [9.17, 15) is 0 Å². The lowest BCUT2D eigenvalue weighted by Gasteiger charge is -2.10. The van der Waals surface area contributed by atoms with Gasteiger partial charge in [-0.1, -0.05) is 6.07 Å². The first-order valence-electron chi connectivity index (χ1n) is 6.09. The van der Waals surface area contributed by atoms with E-state index < -0.39 is 0 Å². The quantitative estimate of drug-likeness (QED) is 0.823. The Labute approximate surface area is 124 Å². The number of nitrogens with two attached hydrogens (primary N) is 1. The van der Waals surface area contributed by atoms with Crippen LogP contribution in [0, 0.1) is 3.57 Å². The number of hydrogen-bond donors (Lipinski definition) is 1. The Bertz CT molecular complexity index is 598. The number of nitrogen functional groups attached to an aromatic ring is 1. The van der Waals surface area contributed by atoms with Gasteiger partial charge < -0.3 is 15.2 Å². The molecule has 19 heavy (non-hydrogen) atoms. The summed E-state index contributed by atoms with van der Waals surface area (Å²) in [6.07, 6.45) is 2.67. The maximum absolute atomic E-state index is 5.95. The highest BCUT2D eigenvalue weighted by atomic mass is 127. The van der Waals surface area contributed by atoms with Crippen molar-refractivity contribution in [3.63, 3.8) is 0 Å². The minimum atomic E-state index is 0.630. The van der Waals surface area contributed by atoms with Crippen LogP contribution in [0.3, 0.4) is 0 Å². The van der Waals surface area contributed by atoms with E-state index in [1.165, 1.54) is 0 Å². The van der Waals surface area contributed by atoms with Gasteiger partial charge in [0.25, 0.3) is 0 Å². The fourth-order valence-electron chi connectivity index (χ4n) is 1.98. The van der Waals surface area contributed by atoms with Crippen LogP contribution in [0.25, 0.3) is 0 Å². The SMILES string of the molecule is Nc1c(I)cnn1Cc1ccc2c(c1)OCCCO2. The van der Waals surface area contributed by atoms with E-state index >= 15 is 0 Å². The van der Waals surface area contributed by atoms with Crippen LogP contribution < -0.4 is 15.2 Å². The van der Waals surface area contributed by atoms with E-state index in [1.54, 1.807) is 10.9 Å². The molecule has 6 heteroatoms. The van der Waals surface area contributed by atoms with Gasteiger partial charge in [0.2, 0.25) is 0 Å². The maximum Gasteiger partial charge on any atom is 0.161 e. The molecule has 5 nitrogen and oxygen atoms in total. The highest BCUT2D eigenvalue weighted by molar-refractivity contribution is 14.1. The zero-order chi connectivity index (χ0) is 13.2. The van der Waals surface area contributed by atoms with Crippen molar-refractivity contribution in [2.45, 2.75) is 13.0 Å². The topological polar surface area (TPSA) is 62.3 Å². The molecule has 2 heterocycles. The minimum Gasteiger partial charge on any atom is -0.490 e. The molecule has 0 saturated carbocycles. The second-order valence-electron chi connectivity index (χ2n) is 4.37. The maximum atomic E-state index is 5.95. The molecule has 1 aromatic heterocycles. The molecular formula is C13H14IN3O2. The molecule has 0 amide bonds. The van der Waals surface area contributed by atoms with Gasteiger partial charge in [-0.3, -0.25) is 0 Å². The Morgan fingerprint density at radius 2 is 2.05 bits per heavy atom. The van der Waals surface area contributed by atoms with Gasteiger partial charge in [-0.25, -0.2) is 4.68 Å². The summed E-state index contributed by atoms with van der Waals surface area (Å²) < 4.78 is 14.0. The third-order valence-electron chi connectivity index (χ3n) is 2.98. The van der Waals surface area contributed by atoms with Gasteiger partial charge >= 0.3 is 0 Å². The summed E-state index contributed by atoms with van der Waals surface area (Å²) in [4.78, 5) is 0. The Balaban J connectivity index is 1.86. The van der Waals surface area contributed by atoms with Gasteiger partial charge in [0.15, 0.2) is 11.5 Å². The van der Waals surface area contributed by atoms with Gasteiger partial charge in [-0.15, -0.1) is 0 Å². The fraction of sp³-hybridized carbons (Fsp3) is 0.308. The van der Waals surface area contributed by atoms with E-state index in [1.807, 2.05) is 18.2 Å². The van der Waals surface area contributed by atoms with E-state index in [-0.39, 0.29) is 0 Å². The summed E-state index contributed by atoms with van der Waals surface area (Å²) in [6.45, 7) is 2.03. The first-order valence-corrected chi connectivity index (χ1v) is 7.17. The number of aromatic nitrogens is 2. The number of ether oxygens (including phenoxy) is 2. The van der Waals surface area contributed by atoms with Gasteiger partial charge in [0, 0.05) is 6.42 Å². The average Bonchev–Trinajstić information content (AvgIpc) is 2.65. The van der Waals surface area contributed by atoms with Crippen LogP contribution in [-0.2, 0) is 6.54 Å². The Morgan fingerprint density at radius 1 is 1.26 bits per heavy atom. The first-order chi connectivity index (χ1) is 9.24. The Morgan fingerprint density at radius 3 is 2.79 bits per heavy atom. The lowest BCUT2D eigenvalue weighted by Crippen LogP contribution is -2.06. The van der Waals surface area contributed by atoms with Crippen molar-refractivity contribution in [3.05, 3.63) is 33.5 Å². The second kappa shape index (κ2) is 5.28. The predicted octanol–water partition coefficient (Wildman–Crippen LogP) is 2.28. The van der Waals surface area contributed by atoms with Gasteiger partial charge in [0.05, 0.1) is 29.5 Å². The molecule has 0 aliphatic carbocycles. The van der Waals surface area contributed by atoms with E-state index in [4.69, 9.17) is 15.2 Å². The highest BCUT2D eigenvalue weighted by Crippen LogP contribution is 2.30. The van der Waals surface area contributed by atoms with Crippen LogP contribution in [-0.4, -0.2) is 23.0 Å². The van der Waals surface area contributed by atoms with Crippen LogP contribution in [0.5, 0.6) is 11.5 Å². The smallest absolute Gasteiger partial charge is 0.161 e. The molecule has 1 aromatic carbocycles. The monoisotopic (exact) mass is 371 g/mol. The number of hydrogen-bond acceptors (Lipinski definition) is 4. The number of halogens is 1. The van der Waals surface area contributed by atoms with Crippen molar-refractivity contribution < 1.29 is 9.47 Å². The predicted molar refractivity (Wildman–Crippen MR) is 80.5 cm³/mol. The number of benzene rings is 1. The van der Waals surface area contributed by atoms with Gasteiger partial charge in [-0.05, 0) is 40.3 Å². The second-order valence-corrected chi connectivity index (χ2v) is 5.53. The van der Waals surface area contributed by atoms with Crippen molar-refractivity contribution in [2.75, 3.05) is 18.9 Å². The molecule has 0 unspecified atom stereocenters. The van der Waals surface area contributed by atoms with Crippen LogP contribution in [0.2, 0.25) is 0 Å². The summed E-state index contributed by atoms with van der Waals surface area (Å²) >= 11 is 2.17. The van der Waals surface area contributed by atoms with Gasteiger partial charge in [0.1, 0.15) is 5.82 Å². The van der Waals surface area contributed by atoms with Crippen LogP contribution in [0.4, 0.5) is 5.82 Å². The number of nitrogens with zero attached hydrogens (tertiary/aromatic N) is 2. The molecule has 1 aliphatic rings. The Kier molecular flexibility index (Phi) is 3.50. The molecule has 0 bridgehead atoms. The Hall–Kier alpha value is -1.44. The van der Waals surface area contributed by atoms with Crippen molar-refractivity contribution in [1.82, 2.24) is 9.78 Å². The molecule has 0 atom stereocenters. The normalized spacial score (nSPS) is 14.2. The molecule has 2 N–H and O–H groups in total. The summed E-state index contributed by atoms with van der Waals surface area (Å²) in [5, 5.41) is 4.25. The molecule has 0 saturated heterocycles. The lowest BCUT2D eigenvalue weighted by atomic mass is 10.2. The first kappa shape index (κ1) is 12.6. The lowest BCUT2D eigenvalue weighted by molar-refractivity contribution is 0.297. The largest absolute Gasteiger partial charge is 0.490 e. The molecule has 3 rings (SSSR count). The standard InChI is InChI=1S/C13H14IN3O2/c14-10-7-16-17(13(10)15)8-9-2-3-11-12(6-9)19-5-1-4-18-11/h2-3,6-7H,1,4-5,8,15H2. The van der Waals surface area contributed by atoms with Crippen molar-refractivity contribution in [2.24, 2.45) is 0 Å². The molecular weight excluding hydrogens is 357 g/mol. The minimum absolute atomic E-state index is 0.630.